The molecule has 0 bridgehead atoms. The normalized spacial score (nSPS) is 13.5. The van der Waals surface area contributed by atoms with Crippen molar-refractivity contribution >= 4 is 11.0 Å². The molecule has 0 saturated carbocycles. The van der Waals surface area contributed by atoms with Crippen molar-refractivity contribution in [3.63, 3.8) is 0 Å². The van der Waals surface area contributed by atoms with Gasteiger partial charge in [-0.3, -0.25) is 4.90 Å². The maximum absolute atomic E-state index is 4.82. The SMILES string of the molecule is CCCN(CCC)C(c1nc2ccccc2[nH]1)C(C)C. The van der Waals surface area contributed by atoms with Crippen LogP contribution in [0.4, 0.5) is 0 Å². The number of H-pyrrole nitrogens is 1. The number of nitrogens with one attached hydrogen (secondary N) is 1. The Kier molecular flexibility index (Phi) is 5.18. The molecule has 3 nitrogen and oxygen atoms in total. The number of aromatic amines is 1. The van der Waals surface area contributed by atoms with E-state index in [1.807, 2.05) is 6.07 Å². The first-order valence-electron chi connectivity index (χ1n) is 7.86. The van der Waals surface area contributed by atoms with Crippen LogP contribution in [0.3, 0.4) is 0 Å². The first kappa shape index (κ1) is 15.0. The van der Waals surface area contributed by atoms with Gasteiger partial charge in [-0.15, -0.1) is 0 Å². The summed E-state index contributed by atoms with van der Waals surface area (Å²) in [5.41, 5.74) is 2.21. The highest BCUT2D eigenvalue weighted by Crippen LogP contribution is 2.28. The van der Waals surface area contributed by atoms with Crippen molar-refractivity contribution in [1.82, 2.24) is 14.9 Å². The van der Waals surface area contributed by atoms with Crippen LogP contribution in [0.5, 0.6) is 0 Å². The van der Waals surface area contributed by atoms with E-state index in [9.17, 15) is 0 Å². The van der Waals surface area contributed by atoms with E-state index in [2.05, 4.69) is 55.8 Å². The van der Waals surface area contributed by atoms with E-state index in [1.54, 1.807) is 0 Å². The van der Waals surface area contributed by atoms with Crippen LogP contribution in [-0.4, -0.2) is 28.0 Å². The summed E-state index contributed by atoms with van der Waals surface area (Å²) in [6, 6.07) is 8.67. The predicted octanol–water partition coefficient (Wildman–Crippen LogP) is 4.38. The number of para-hydroxylation sites is 2. The second-order valence-electron chi connectivity index (χ2n) is 5.86. The average molecular weight is 273 g/mol. The Morgan fingerprint density at radius 3 is 2.30 bits per heavy atom. The second-order valence-corrected chi connectivity index (χ2v) is 5.86. The second kappa shape index (κ2) is 6.89. The van der Waals surface area contributed by atoms with Crippen LogP contribution in [0.2, 0.25) is 0 Å². The van der Waals surface area contributed by atoms with Gasteiger partial charge in [0.1, 0.15) is 5.82 Å². The highest BCUT2D eigenvalue weighted by Gasteiger charge is 2.25. The minimum Gasteiger partial charge on any atom is -0.341 e. The maximum atomic E-state index is 4.82. The molecule has 3 heteroatoms. The minimum atomic E-state index is 0.377. The van der Waals surface area contributed by atoms with E-state index in [0.29, 0.717) is 12.0 Å². The fourth-order valence-corrected chi connectivity index (χ4v) is 2.99. The quantitative estimate of drug-likeness (QED) is 0.811. The van der Waals surface area contributed by atoms with Gasteiger partial charge in [0.2, 0.25) is 0 Å². The number of aromatic nitrogens is 2. The number of nitrogens with zero attached hydrogens (tertiary/aromatic N) is 2. The molecular formula is C17H27N3. The van der Waals surface area contributed by atoms with Gasteiger partial charge in [0.05, 0.1) is 17.1 Å². The topological polar surface area (TPSA) is 31.9 Å². The lowest BCUT2D eigenvalue weighted by Gasteiger charge is -2.32. The van der Waals surface area contributed by atoms with Crippen molar-refractivity contribution in [2.24, 2.45) is 5.92 Å². The summed E-state index contributed by atoms with van der Waals surface area (Å²) in [5, 5.41) is 0. The molecule has 2 aromatic rings. The van der Waals surface area contributed by atoms with Gasteiger partial charge in [-0.05, 0) is 44.0 Å². The summed E-state index contributed by atoms with van der Waals surface area (Å²) in [5.74, 6) is 1.66. The molecule has 1 heterocycles. The number of benzene rings is 1. The largest absolute Gasteiger partial charge is 0.341 e. The molecule has 1 unspecified atom stereocenters. The van der Waals surface area contributed by atoms with Gasteiger partial charge in [-0.2, -0.15) is 0 Å². The zero-order chi connectivity index (χ0) is 14.5. The molecule has 0 saturated heterocycles. The highest BCUT2D eigenvalue weighted by atomic mass is 15.2. The fraction of sp³-hybridized carbons (Fsp3) is 0.588. The molecule has 1 aromatic carbocycles. The number of imidazole rings is 1. The lowest BCUT2D eigenvalue weighted by molar-refractivity contribution is 0.149. The number of hydrogen-bond acceptors (Lipinski definition) is 2. The van der Waals surface area contributed by atoms with E-state index in [-0.39, 0.29) is 0 Å². The van der Waals surface area contributed by atoms with Crippen molar-refractivity contribution in [2.45, 2.75) is 46.6 Å². The zero-order valence-corrected chi connectivity index (χ0v) is 13.2. The van der Waals surface area contributed by atoms with Gasteiger partial charge in [0.25, 0.3) is 0 Å². The van der Waals surface area contributed by atoms with Crippen molar-refractivity contribution < 1.29 is 0 Å². The molecule has 0 fully saturated rings. The smallest absolute Gasteiger partial charge is 0.124 e. The minimum absolute atomic E-state index is 0.377. The van der Waals surface area contributed by atoms with Crippen LogP contribution in [0, 0.1) is 5.92 Å². The number of hydrogen-bond donors (Lipinski definition) is 1. The summed E-state index contributed by atoms with van der Waals surface area (Å²) in [7, 11) is 0. The average Bonchev–Trinajstić information content (AvgIpc) is 2.82. The van der Waals surface area contributed by atoms with Crippen LogP contribution < -0.4 is 0 Å². The monoisotopic (exact) mass is 273 g/mol. The predicted molar refractivity (Wildman–Crippen MR) is 85.8 cm³/mol. The van der Waals surface area contributed by atoms with Gasteiger partial charge in [0, 0.05) is 0 Å². The van der Waals surface area contributed by atoms with E-state index in [0.717, 1.165) is 29.9 Å². The summed E-state index contributed by atoms with van der Waals surface area (Å²) < 4.78 is 0. The lowest BCUT2D eigenvalue weighted by atomic mass is 10.0. The molecule has 0 spiro atoms. The number of rotatable bonds is 7. The summed E-state index contributed by atoms with van der Waals surface area (Å²) in [6.45, 7) is 11.3. The molecule has 0 aliphatic heterocycles. The lowest BCUT2D eigenvalue weighted by Crippen LogP contribution is -2.34. The molecule has 1 N–H and O–H groups in total. The third-order valence-electron chi connectivity index (χ3n) is 3.73. The molecule has 1 atom stereocenters. The van der Waals surface area contributed by atoms with Crippen molar-refractivity contribution in [1.29, 1.82) is 0 Å². The van der Waals surface area contributed by atoms with Crippen LogP contribution in [0.25, 0.3) is 11.0 Å². The van der Waals surface area contributed by atoms with Crippen molar-refractivity contribution in [3.05, 3.63) is 30.1 Å². The molecule has 2 rings (SSSR count). The molecule has 20 heavy (non-hydrogen) atoms. The number of fused-ring (bicyclic) bond motifs is 1. The van der Waals surface area contributed by atoms with Gasteiger partial charge < -0.3 is 4.98 Å². The van der Waals surface area contributed by atoms with Gasteiger partial charge in [-0.25, -0.2) is 4.98 Å². The molecular weight excluding hydrogens is 246 g/mol. The van der Waals surface area contributed by atoms with Gasteiger partial charge in [-0.1, -0.05) is 39.8 Å². The summed E-state index contributed by atoms with van der Waals surface area (Å²) in [4.78, 5) is 10.9. The van der Waals surface area contributed by atoms with Crippen LogP contribution >= 0.6 is 0 Å². The van der Waals surface area contributed by atoms with Crippen LogP contribution in [0.1, 0.15) is 52.4 Å². The molecule has 0 amide bonds. The third-order valence-corrected chi connectivity index (χ3v) is 3.73. The molecule has 0 aliphatic rings. The molecule has 1 aromatic heterocycles. The molecule has 110 valence electrons. The Morgan fingerprint density at radius 1 is 1.10 bits per heavy atom. The first-order valence-corrected chi connectivity index (χ1v) is 7.86. The summed E-state index contributed by atoms with van der Waals surface area (Å²) >= 11 is 0. The third kappa shape index (κ3) is 3.21. The Labute approximate surface area is 122 Å². The van der Waals surface area contributed by atoms with Gasteiger partial charge >= 0.3 is 0 Å². The van der Waals surface area contributed by atoms with Gasteiger partial charge in [0.15, 0.2) is 0 Å². The maximum Gasteiger partial charge on any atom is 0.124 e. The first-order chi connectivity index (χ1) is 9.67. The zero-order valence-electron chi connectivity index (χ0n) is 13.2. The fourth-order valence-electron chi connectivity index (χ4n) is 2.99. The highest BCUT2D eigenvalue weighted by molar-refractivity contribution is 5.74. The standard InChI is InChI=1S/C17H27N3/c1-5-11-20(12-6-2)16(13(3)4)17-18-14-9-7-8-10-15(14)19-17/h7-10,13,16H,5-6,11-12H2,1-4H3,(H,18,19). The van der Waals surface area contributed by atoms with E-state index in [4.69, 9.17) is 4.98 Å². The Morgan fingerprint density at radius 2 is 1.75 bits per heavy atom. The van der Waals surface area contributed by atoms with Crippen molar-refractivity contribution in [2.75, 3.05) is 13.1 Å². The summed E-state index contributed by atoms with van der Waals surface area (Å²) in [6.07, 6.45) is 2.37. The Hall–Kier alpha value is -1.35. The molecule has 0 aliphatic carbocycles. The molecule has 0 radical (unpaired) electrons. The van der Waals surface area contributed by atoms with Crippen LogP contribution in [-0.2, 0) is 0 Å². The van der Waals surface area contributed by atoms with E-state index >= 15 is 0 Å². The van der Waals surface area contributed by atoms with E-state index in [1.165, 1.54) is 12.8 Å². The Balaban J connectivity index is 2.35. The Bertz CT molecular complexity index is 491. The van der Waals surface area contributed by atoms with Crippen LogP contribution in [0.15, 0.2) is 24.3 Å². The van der Waals surface area contributed by atoms with Crippen molar-refractivity contribution in [3.8, 4) is 0 Å². The van der Waals surface area contributed by atoms with E-state index < -0.39 is 0 Å².